The minimum atomic E-state index is -1.97. The largest absolute Gasteiger partial charge is 0.559 e. The second-order valence-electron chi connectivity index (χ2n) is 12.5. The summed E-state index contributed by atoms with van der Waals surface area (Å²) in [5.41, 5.74) is 4.56. The van der Waals surface area contributed by atoms with Crippen LogP contribution in [-0.4, -0.2) is 42.9 Å². The van der Waals surface area contributed by atoms with Crippen molar-refractivity contribution >= 4 is 63.7 Å². The van der Waals surface area contributed by atoms with Crippen LogP contribution in [0.4, 0.5) is 0 Å². The van der Waals surface area contributed by atoms with E-state index in [4.69, 9.17) is 9.16 Å². The number of H-pyrrole nitrogens is 1. The number of amides is 2. The average molecular weight is 552 g/mol. The molecule has 1 unspecified atom stereocenters. The molecule has 0 saturated heterocycles. The predicted octanol–water partition coefficient (Wildman–Crippen LogP) is 7.21. The fourth-order valence-electron chi connectivity index (χ4n) is 6.26. The lowest BCUT2D eigenvalue weighted by atomic mass is 9.96. The van der Waals surface area contributed by atoms with Crippen molar-refractivity contribution in [2.24, 2.45) is 0 Å². The molecule has 205 valence electrons. The molecule has 0 saturated carbocycles. The molecule has 2 amide bonds. The molecule has 1 aliphatic carbocycles. The molecule has 0 fully saturated rings. The lowest BCUT2D eigenvalue weighted by Gasteiger charge is -2.50. The van der Waals surface area contributed by atoms with Crippen LogP contribution in [0.1, 0.15) is 53.9 Å². The number of fused-ring (bicyclic) bond motifs is 10. The van der Waals surface area contributed by atoms with Gasteiger partial charge in [-0.25, -0.2) is 0 Å². The fraction of sp³-hybridized carbons (Fsp3) is 0.312. The first kappa shape index (κ1) is 25.1. The molecule has 0 spiro atoms. The number of hydrogen-bond donors (Lipinski definition) is 2. The molecule has 2 atom stereocenters. The summed E-state index contributed by atoms with van der Waals surface area (Å²) in [7, 11) is -0.336. The molecule has 0 radical (unpaired) electrons. The number of benzene rings is 3. The number of rotatable bonds is 4. The fourth-order valence-corrected chi connectivity index (χ4v) is 7.54. The standard InChI is InChI=1S/C32H33N3O4Si/c1-32(2,3)40(5,6)39-19-12-11-17(15-19)35-23-14-13-18(38-4)16-21(23)25-27-26(30(36)34-31(27)37)24-20-9-7-8-10-22(20)33-28(24)29(25)35/h7-14,16-17,19,33H,15H2,1-6H3,(H,34,36,37)/q-1/t17?,19-/m1/s1. The lowest BCUT2D eigenvalue weighted by Crippen LogP contribution is -2.43. The number of para-hydroxylation sites is 1. The van der Waals surface area contributed by atoms with E-state index in [0.29, 0.717) is 16.9 Å². The molecule has 5 aromatic rings. The van der Waals surface area contributed by atoms with E-state index in [9.17, 15) is 9.59 Å². The molecule has 2 aromatic heterocycles. The third-order valence-electron chi connectivity index (χ3n) is 9.19. The van der Waals surface area contributed by atoms with Crippen LogP contribution in [0.15, 0.2) is 54.6 Å². The quantitative estimate of drug-likeness (QED) is 0.140. The Morgan fingerprint density at radius 3 is 2.40 bits per heavy atom. The first-order valence-electron chi connectivity index (χ1n) is 13.8. The summed E-state index contributed by atoms with van der Waals surface area (Å²) in [6.45, 7) is 11.3. The van der Waals surface area contributed by atoms with Gasteiger partial charge in [0.25, 0.3) is 11.8 Å². The van der Waals surface area contributed by atoms with E-state index in [1.54, 1.807) is 7.11 Å². The van der Waals surface area contributed by atoms with Gasteiger partial charge in [0.2, 0.25) is 0 Å². The van der Waals surface area contributed by atoms with Gasteiger partial charge in [-0.2, -0.15) is 0 Å². The van der Waals surface area contributed by atoms with Crippen molar-refractivity contribution < 1.29 is 18.8 Å². The molecule has 1 aliphatic heterocycles. The number of nitrogens with one attached hydrogen (secondary N) is 2. The van der Waals surface area contributed by atoms with E-state index < -0.39 is 8.32 Å². The van der Waals surface area contributed by atoms with Crippen LogP contribution >= 0.6 is 0 Å². The molecule has 2 aliphatic rings. The van der Waals surface area contributed by atoms with Gasteiger partial charge in [0.05, 0.1) is 40.8 Å². The highest BCUT2D eigenvalue weighted by molar-refractivity contribution is 6.74. The summed E-state index contributed by atoms with van der Waals surface area (Å²) in [5, 5.41) is 6.06. The van der Waals surface area contributed by atoms with Crippen LogP contribution in [0.25, 0.3) is 43.6 Å². The van der Waals surface area contributed by atoms with Crippen molar-refractivity contribution in [1.29, 1.82) is 0 Å². The van der Waals surface area contributed by atoms with Gasteiger partial charge in [-0.1, -0.05) is 51.1 Å². The monoisotopic (exact) mass is 551 g/mol. The Hall–Kier alpha value is -3.88. The van der Waals surface area contributed by atoms with Gasteiger partial charge in [-0.05, 0) is 39.0 Å². The zero-order valence-electron chi connectivity index (χ0n) is 23.6. The number of aromatic nitrogens is 2. The summed E-state index contributed by atoms with van der Waals surface area (Å²) < 4.78 is 14.7. The normalized spacial score (nSPS) is 19.4. The van der Waals surface area contributed by atoms with Gasteiger partial charge in [0.1, 0.15) is 5.75 Å². The summed E-state index contributed by atoms with van der Waals surface area (Å²) in [6, 6.07) is 13.9. The van der Waals surface area contributed by atoms with Crippen LogP contribution in [0.5, 0.6) is 5.75 Å². The maximum absolute atomic E-state index is 13.4. The number of ether oxygens (including phenoxy) is 1. The van der Waals surface area contributed by atoms with Gasteiger partial charge in [-0.3, -0.25) is 14.9 Å². The molecule has 2 N–H and O–H groups in total. The Kier molecular flexibility index (Phi) is 5.22. The van der Waals surface area contributed by atoms with Crippen LogP contribution < -0.4 is 10.1 Å². The second-order valence-corrected chi connectivity index (χ2v) is 17.3. The first-order valence-corrected chi connectivity index (χ1v) is 16.7. The second kappa shape index (κ2) is 8.31. The maximum atomic E-state index is 13.4. The number of allylic oxidation sites excluding steroid dienone is 1. The summed E-state index contributed by atoms with van der Waals surface area (Å²) in [5.74, 6) is -0.0212. The van der Waals surface area contributed by atoms with Crippen molar-refractivity contribution in [3.8, 4) is 5.75 Å². The zero-order chi connectivity index (χ0) is 28.1. The number of aromatic amines is 1. The highest BCUT2D eigenvalue weighted by Crippen LogP contribution is 2.47. The van der Waals surface area contributed by atoms with Gasteiger partial charge in [0.15, 0.2) is 0 Å². The van der Waals surface area contributed by atoms with Gasteiger partial charge < -0.3 is 18.7 Å². The smallest absolute Gasteiger partial charge is 0.259 e. The Bertz CT molecular complexity index is 1940. The van der Waals surface area contributed by atoms with E-state index in [1.165, 1.54) is 0 Å². The van der Waals surface area contributed by atoms with Crippen LogP contribution in [0.2, 0.25) is 18.1 Å². The number of methoxy groups -OCH3 is 1. The molecular formula is C32H33N3O4Si-. The van der Waals surface area contributed by atoms with Crippen LogP contribution in [-0.2, 0) is 4.43 Å². The summed E-state index contributed by atoms with van der Waals surface area (Å²) >= 11 is 0. The Labute approximate surface area is 233 Å². The maximum Gasteiger partial charge on any atom is 0.259 e. The summed E-state index contributed by atoms with van der Waals surface area (Å²) in [4.78, 5) is 30.3. The number of carbonyl (C=O) groups excluding carboxylic acids is 2. The van der Waals surface area contributed by atoms with Gasteiger partial charge in [-0.15, -0.1) is 18.1 Å². The van der Waals surface area contributed by atoms with E-state index in [1.807, 2.05) is 36.4 Å². The molecule has 7 nitrogen and oxygen atoms in total. The molecule has 0 bridgehead atoms. The van der Waals surface area contributed by atoms with Crippen molar-refractivity contribution in [3.63, 3.8) is 0 Å². The molecule has 8 heteroatoms. The minimum absolute atomic E-state index is 0.00847. The SMILES string of the molecule is COc1ccc2c(c1)c1c3c(c4c5ccccc5[nH]c4c1n2C1C=C[C@@H](O[Si-](C)(C)C(C)(C)C)C1)C(=O)NC3=O. The Balaban J connectivity index is 1.54. The van der Waals surface area contributed by atoms with Crippen molar-refractivity contribution in [1.82, 2.24) is 14.9 Å². The third-order valence-corrected chi connectivity index (χ3v) is 13.7. The van der Waals surface area contributed by atoms with Gasteiger partial charge in [0, 0.05) is 33.2 Å². The molecule has 3 aromatic carbocycles. The highest BCUT2D eigenvalue weighted by atomic mass is 28.4. The highest BCUT2D eigenvalue weighted by Gasteiger charge is 2.37. The van der Waals surface area contributed by atoms with Crippen LogP contribution in [0, 0.1) is 0 Å². The number of nitrogens with zero attached hydrogens (tertiary/aromatic N) is 1. The van der Waals surface area contributed by atoms with E-state index >= 15 is 0 Å². The van der Waals surface area contributed by atoms with Crippen molar-refractivity contribution in [2.45, 2.75) is 57.5 Å². The average Bonchev–Trinajstić information content (AvgIpc) is 3.65. The van der Waals surface area contributed by atoms with E-state index in [-0.39, 0.29) is 29.0 Å². The Morgan fingerprint density at radius 2 is 1.68 bits per heavy atom. The van der Waals surface area contributed by atoms with E-state index in [2.05, 4.69) is 67.0 Å². The van der Waals surface area contributed by atoms with Crippen LogP contribution in [0.3, 0.4) is 0 Å². The minimum Gasteiger partial charge on any atom is -0.559 e. The molecule has 40 heavy (non-hydrogen) atoms. The Morgan fingerprint density at radius 1 is 0.950 bits per heavy atom. The number of carbonyl (C=O) groups is 2. The number of imide groups is 1. The number of hydrogen-bond acceptors (Lipinski definition) is 4. The van der Waals surface area contributed by atoms with E-state index in [0.717, 1.165) is 50.0 Å². The van der Waals surface area contributed by atoms with Gasteiger partial charge >= 0.3 is 0 Å². The molecule has 3 heterocycles. The third kappa shape index (κ3) is 3.39. The zero-order valence-corrected chi connectivity index (χ0v) is 24.6. The van der Waals surface area contributed by atoms with Crippen molar-refractivity contribution in [3.05, 3.63) is 65.7 Å². The lowest BCUT2D eigenvalue weighted by molar-refractivity contribution is 0.0880. The molecule has 7 rings (SSSR count). The topological polar surface area (TPSA) is 85.3 Å². The van der Waals surface area contributed by atoms with Crippen molar-refractivity contribution in [2.75, 3.05) is 7.11 Å². The molecular weight excluding hydrogens is 518 g/mol. The summed E-state index contributed by atoms with van der Waals surface area (Å²) in [6.07, 6.45) is 5.22. The first-order chi connectivity index (χ1) is 19.0. The predicted molar refractivity (Wildman–Crippen MR) is 162 cm³/mol.